The highest BCUT2D eigenvalue weighted by atomic mass is 32.7. The number of hydrogen-bond acceptors (Lipinski definition) is 48. The maximum atomic E-state index is 13.7. The van der Waals surface area contributed by atoms with Crippen LogP contribution in [0.1, 0.15) is 56.6 Å². The fraction of sp³-hybridized carbons (Fsp3) is 0.500. The van der Waals surface area contributed by atoms with Crippen molar-refractivity contribution in [1.29, 1.82) is 0 Å². The van der Waals surface area contributed by atoms with Crippen LogP contribution in [0.15, 0.2) is 89.1 Å². The molecule has 12 aromatic rings. The topological polar surface area (TPSA) is 751 Å². The molecule has 20 N–H and O–H groups in total. The van der Waals surface area contributed by atoms with E-state index < -0.39 is 191 Å². The number of hydrogen-bond donors (Lipinski definition) is 15. The van der Waals surface area contributed by atoms with Gasteiger partial charge in [0.2, 0.25) is 17.8 Å². The summed E-state index contributed by atoms with van der Waals surface area (Å²) in [4.78, 5) is 151. The van der Waals surface area contributed by atoms with Crippen LogP contribution in [0.25, 0.3) is 67.0 Å². The number of aromatic nitrogens is 21. The number of nitrogens with zero attached hydrogens (tertiary/aromatic N) is 18. The fourth-order valence-electron chi connectivity index (χ4n) is 18.2. The second kappa shape index (κ2) is 34.2. The number of pyridine rings is 3. The van der Waals surface area contributed by atoms with Gasteiger partial charge in [0.15, 0.2) is 87.8 Å². The van der Waals surface area contributed by atoms with Crippen LogP contribution in [-0.2, 0) is 161 Å². The highest BCUT2D eigenvalue weighted by Crippen LogP contribution is 2.65. The van der Waals surface area contributed by atoms with E-state index in [1.54, 1.807) is 31.9 Å². The molecule has 24 heterocycles. The quantitative estimate of drug-likeness (QED) is 0.0801. The third-order valence-electron chi connectivity index (χ3n) is 24.1. The van der Waals surface area contributed by atoms with E-state index in [1.165, 1.54) is 70.3 Å². The van der Waals surface area contributed by atoms with Gasteiger partial charge in [-0.3, -0.25) is 79.4 Å². The van der Waals surface area contributed by atoms with Crippen LogP contribution in [0, 0.1) is 0 Å². The minimum absolute atomic E-state index is 0.00245. The number of aromatic amines is 3. The molecule has 12 aliphatic heterocycles. The Morgan fingerprint density at radius 1 is 0.363 bits per heavy atom. The van der Waals surface area contributed by atoms with Crippen molar-refractivity contribution in [3.8, 4) is 0 Å². The zero-order valence-electron chi connectivity index (χ0n) is 68.4. The van der Waals surface area contributed by atoms with Crippen molar-refractivity contribution in [2.24, 2.45) is 0 Å². The standard InChI is InChI=1S/3C22H25N9O10P2S2/c3*23-10-1-2-25-16-12(10)26-7-30(16)20-14-15-22(39-20,5-35-14)6-37-43(34,45)40-11-3-9(4-36-42(33,44)41-15)38-19(11)31-8-27-13-17(31)28-21(24)29-18(13)32/h3*1-2,7-9,11,14-15,19-20H,3-6H2,(H2,23,25)(H,33,44)(H,34,45)(H3,24,28,29,32)/t3*9-,11-,14+,15-,19+,20+,22+,42?,43?/m000/s1. The molecular formula is C66H75N27O30P6S6. The van der Waals surface area contributed by atoms with Gasteiger partial charge < -0.3 is 133 Å². The zero-order chi connectivity index (χ0) is 93.9. The average Bonchev–Trinajstić information content (AvgIpc) is 1.56. The lowest BCUT2D eigenvalue weighted by Crippen LogP contribution is -2.45. The van der Waals surface area contributed by atoms with E-state index in [9.17, 15) is 43.4 Å². The molecule has 0 spiro atoms. The molecule has 57 nitrogen and oxygen atoms in total. The van der Waals surface area contributed by atoms with Crippen molar-refractivity contribution in [1.82, 2.24) is 102 Å². The lowest BCUT2D eigenvalue weighted by molar-refractivity contribution is -0.183. The van der Waals surface area contributed by atoms with Crippen molar-refractivity contribution < 1.29 is 126 Å². The smallest absolute Gasteiger partial charge is 0.386 e. The molecule has 135 heavy (non-hydrogen) atoms. The maximum absolute atomic E-state index is 13.7. The third-order valence-corrected chi connectivity index (χ3v) is 33.4. The summed E-state index contributed by atoms with van der Waals surface area (Å²) in [5, 5.41) is 0. The molecule has 12 bridgehead atoms. The predicted molar refractivity (Wildman–Crippen MR) is 481 cm³/mol. The summed E-state index contributed by atoms with van der Waals surface area (Å²) in [5.41, 5.74) is 33.9. The summed E-state index contributed by atoms with van der Waals surface area (Å²) in [7, 11) is 0. The van der Waals surface area contributed by atoms with Gasteiger partial charge in [0.1, 0.15) is 88.3 Å². The SMILES string of the molecule is Nc1nc2c(ncn2[C@@H]2O[C@@H]3COP(O)(=S)O[C@H]4[C@H]5OC[C@]4(COP(=O)(S)O[C@H]2C3)O[C@H]5n2cnc3c(N)ccnc32)c(=O)[nH]1.Nc1nc2c(ncn2[C@@H]2O[C@@H]3COP(O)(=S)O[C@H]4[C@H]5OC[C@]4(COP(O)(=S)O[C@H]2C3)O[C@H]5n2cnc3c(N)ccnc32)c(=O)[nH]1.Nc1nc2c(ncn2[C@@H]2O[C@@H]3COP(O)(=S)O[C@H]4[C@H]5OC[C@]4(COP(O)(=S)O[C@H]2C3)O[C@H]5n2cnc3c(N)ccnc32)c(=O)[nH]1. The molecule has 0 radical (unpaired) electrons. The molecule has 27 atom stereocenters. The number of nitrogens with one attached hydrogen (secondary N) is 3. The third kappa shape index (κ3) is 16.9. The number of fused-ring (bicyclic) bond motifs is 12. The van der Waals surface area contributed by atoms with Gasteiger partial charge in [0.25, 0.3) is 16.7 Å². The highest BCUT2D eigenvalue weighted by Gasteiger charge is 2.69. The highest BCUT2D eigenvalue weighted by molar-refractivity contribution is 8.44. The van der Waals surface area contributed by atoms with E-state index in [0.29, 0.717) is 50.6 Å². The normalized spacial score (nSPS) is 38.6. The Labute approximate surface area is 783 Å². The number of rotatable bonds is 6. The lowest BCUT2D eigenvalue weighted by Gasteiger charge is -2.33. The molecule has 0 aliphatic carbocycles. The molecule has 0 amide bonds. The Balaban J connectivity index is 0.000000118. The first-order valence-corrected chi connectivity index (χ1v) is 56.1. The number of ether oxygens (including phenoxy) is 9. The summed E-state index contributed by atoms with van der Waals surface area (Å²) in [6.07, 6.45) is -2.67. The van der Waals surface area contributed by atoms with Gasteiger partial charge in [-0.2, -0.15) is 15.0 Å². The second-order valence-corrected chi connectivity index (χ2v) is 49.6. The van der Waals surface area contributed by atoms with Crippen molar-refractivity contribution >= 4 is 214 Å². The van der Waals surface area contributed by atoms with E-state index in [0.717, 1.165) is 0 Å². The van der Waals surface area contributed by atoms with Crippen molar-refractivity contribution in [3.05, 3.63) is 106 Å². The largest absolute Gasteiger partial charge is 0.397 e. The van der Waals surface area contributed by atoms with E-state index in [4.69, 9.17) is 190 Å². The van der Waals surface area contributed by atoms with E-state index in [1.807, 2.05) is 0 Å². The zero-order valence-corrected chi connectivity index (χ0v) is 78.8. The molecule has 69 heteroatoms. The first-order valence-electron chi connectivity index (χ1n) is 40.4. The molecular weight excluding hydrogens is 2030 g/mol. The van der Waals surface area contributed by atoms with Gasteiger partial charge in [0, 0.05) is 37.9 Å². The van der Waals surface area contributed by atoms with Crippen molar-refractivity contribution in [2.45, 2.75) is 147 Å². The van der Waals surface area contributed by atoms with E-state index >= 15 is 0 Å². The van der Waals surface area contributed by atoms with Gasteiger partial charge >= 0.3 is 40.4 Å². The first kappa shape index (κ1) is 92.5. The molecule has 12 aromatic heterocycles. The summed E-state index contributed by atoms with van der Waals surface area (Å²) >= 11 is 31.3. The summed E-state index contributed by atoms with van der Waals surface area (Å²) in [6, 6.07) is 4.87. The van der Waals surface area contributed by atoms with E-state index in [2.05, 4.69) is 87.0 Å². The van der Waals surface area contributed by atoms with Gasteiger partial charge in [0.05, 0.1) is 133 Å². The molecule has 0 aromatic carbocycles. The summed E-state index contributed by atoms with van der Waals surface area (Å²) < 4.78 is 150. The number of anilines is 6. The number of H-pyrrole nitrogens is 3. The van der Waals surface area contributed by atoms with Crippen LogP contribution in [0.5, 0.6) is 0 Å². The molecule has 0 saturated carbocycles. The van der Waals surface area contributed by atoms with Crippen LogP contribution in [0.2, 0.25) is 0 Å². The minimum atomic E-state index is -4.15. The average molecular weight is 2100 g/mol. The van der Waals surface area contributed by atoms with Crippen molar-refractivity contribution in [3.63, 3.8) is 0 Å². The van der Waals surface area contributed by atoms with Crippen LogP contribution in [0.4, 0.5) is 34.9 Å². The monoisotopic (exact) mass is 2100 g/mol. The lowest BCUT2D eigenvalue weighted by atomic mass is 10.0. The molecule has 6 unspecified atom stereocenters. The van der Waals surface area contributed by atoms with Crippen LogP contribution in [-0.4, -0.2) is 276 Å². The second-order valence-electron chi connectivity index (χ2n) is 32.7. The molecule has 12 saturated heterocycles. The Bertz CT molecular complexity index is 6650. The van der Waals surface area contributed by atoms with Crippen LogP contribution in [0.3, 0.4) is 0 Å². The molecule has 24 rings (SSSR count). The predicted octanol–water partition coefficient (Wildman–Crippen LogP) is 0.622. The Morgan fingerprint density at radius 2 is 0.637 bits per heavy atom. The summed E-state index contributed by atoms with van der Waals surface area (Å²) in [6.45, 7) is -26.0. The maximum Gasteiger partial charge on any atom is 0.386 e. The van der Waals surface area contributed by atoms with Gasteiger partial charge in [-0.05, 0) is 77.2 Å². The van der Waals surface area contributed by atoms with Crippen molar-refractivity contribution in [2.75, 3.05) is 93.9 Å². The number of thiol groups is 1. The van der Waals surface area contributed by atoms with Gasteiger partial charge in [-0.1, -0.05) is 12.2 Å². The Morgan fingerprint density at radius 3 is 0.948 bits per heavy atom. The van der Waals surface area contributed by atoms with Crippen LogP contribution < -0.4 is 51.1 Å². The summed E-state index contributed by atoms with van der Waals surface area (Å²) in [5.74, 6) is -0.412. The molecule has 720 valence electrons. The van der Waals surface area contributed by atoms with Crippen LogP contribution >= 0.6 is 52.6 Å². The molecule has 12 aliphatic rings. The van der Waals surface area contributed by atoms with Gasteiger partial charge in [-0.15, -0.1) is 0 Å². The Hall–Kier alpha value is -7.50. The molecule has 12 fully saturated rings. The fourth-order valence-corrected chi connectivity index (χ4v) is 27.0. The minimum Gasteiger partial charge on any atom is -0.397 e. The Kier molecular flexibility index (Phi) is 23.4. The van der Waals surface area contributed by atoms with Gasteiger partial charge in [-0.25, -0.2) is 49.4 Å². The number of imidazole rings is 6. The number of nitrogens with two attached hydrogens (primary N) is 6. The van der Waals surface area contributed by atoms with E-state index in [-0.39, 0.29) is 123 Å². The first-order chi connectivity index (χ1) is 64.3. The number of nitrogen functional groups attached to an aromatic ring is 6.